The number of carbonyl (C=O) groups excluding carboxylic acids is 1. The van der Waals surface area contributed by atoms with Crippen LogP contribution in [0.4, 0.5) is 0 Å². The van der Waals surface area contributed by atoms with E-state index in [0.717, 1.165) is 5.69 Å². The highest BCUT2D eigenvalue weighted by Crippen LogP contribution is 2.38. The van der Waals surface area contributed by atoms with E-state index in [0.29, 0.717) is 5.92 Å². The Labute approximate surface area is 82.2 Å². The molecular weight excluding hydrogens is 180 g/mol. The van der Waals surface area contributed by atoms with Crippen molar-refractivity contribution in [1.82, 2.24) is 15.2 Å². The predicted octanol–water partition coefficient (Wildman–Crippen LogP) is 0.311. The van der Waals surface area contributed by atoms with E-state index in [1.54, 1.807) is 11.6 Å². The number of hydrogen-bond donors (Lipinski definition) is 2. The van der Waals surface area contributed by atoms with Crippen molar-refractivity contribution in [2.24, 2.45) is 5.84 Å². The SMILES string of the molecule is CC(C(=O)NN)n1ccc(C2CC2)n1. The van der Waals surface area contributed by atoms with Crippen LogP contribution in [0.15, 0.2) is 12.3 Å². The van der Waals surface area contributed by atoms with Gasteiger partial charge in [-0.2, -0.15) is 5.10 Å². The van der Waals surface area contributed by atoms with E-state index in [2.05, 4.69) is 10.5 Å². The Morgan fingerprint density at radius 3 is 3.07 bits per heavy atom. The second-order valence-electron chi connectivity index (χ2n) is 3.68. The maximum atomic E-state index is 11.2. The Hall–Kier alpha value is -1.36. The largest absolute Gasteiger partial charge is 0.292 e. The summed E-state index contributed by atoms with van der Waals surface area (Å²) in [5.41, 5.74) is 3.20. The van der Waals surface area contributed by atoms with Gasteiger partial charge in [-0.1, -0.05) is 0 Å². The molecule has 1 aliphatic rings. The van der Waals surface area contributed by atoms with E-state index < -0.39 is 0 Å². The van der Waals surface area contributed by atoms with Gasteiger partial charge in [0.1, 0.15) is 6.04 Å². The summed E-state index contributed by atoms with van der Waals surface area (Å²) in [6.45, 7) is 1.77. The first kappa shape index (κ1) is 9.21. The summed E-state index contributed by atoms with van der Waals surface area (Å²) in [6, 6.07) is 1.63. The van der Waals surface area contributed by atoms with Crippen molar-refractivity contribution in [3.05, 3.63) is 18.0 Å². The molecule has 1 aromatic rings. The molecule has 1 saturated carbocycles. The summed E-state index contributed by atoms with van der Waals surface area (Å²) in [7, 11) is 0. The summed E-state index contributed by atoms with van der Waals surface area (Å²) in [5, 5.41) is 4.34. The number of nitrogens with zero attached hydrogens (tertiary/aromatic N) is 2. The van der Waals surface area contributed by atoms with Crippen molar-refractivity contribution >= 4 is 5.91 Å². The molecule has 14 heavy (non-hydrogen) atoms. The molecule has 1 atom stereocenters. The summed E-state index contributed by atoms with van der Waals surface area (Å²) in [6.07, 6.45) is 4.26. The Balaban J connectivity index is 2.11. The van der Waals surface area contributed by atoms with E-state index >= 15 is 0 Å². The highest BCUT2D eigenvalue weighted by molar-refractivity contribution is 5.79. The predicted molar refractivity (Wildman–Crippen MR) is 51.2 cm³/mol. The molecule has 1 aliphatic carbocycles. The number of aromatic nitrogens is 2. The fourth-order valence-electron chi connectivity index (χ4n) is 1.41. The minimum Gasteiger partial charge on any atom is -0.292 e. The van der Waals surface area contributed by atoms with Gasteiger partial charge in [0, 0.05) is 12.1 Å². The molecule has 0 bridgehead atoms. The van der Waals surface area contributed by atoms with Gasteiger partial charge in [-0.3, -0.25) is 14.9 Å². The number of amides is 1. The fraction of sp³-hybridized carbons (Fsp3) is 0.556. The van der Waals surface area contributed by atoms with Crippen LogP contribution < -0.4 is 11.3 Å². The van der Waals surface area contributed by atoms with Crippen molar-refractivity contribution in [2.45, 2.75) is 31.7 Å². The first-order chi connectivity index (χ1) is 6.72. The van der Waals surface area contributed by atoms with Gasteiger partial charge in [0.2, 0.25) is 0 Å². The van der Waals surface area contributed by atoms with Crippen LogP contribution in [0.25, 0.3) is 0 Å². The molecule has 1 unspecified atom stereocenters. The van der Waals surface area contributed by atoms with Crippen LogP contribution in [0.2, 0.25) is 0 Å². The van der Waals surface area contributed by atoms with E-state index in [1.165, 1.54) is 12.8 Å². The second-order valence-corrected chi connectivity index (χ2v) is 3.68. The lowest BCUT2D eigenvalue weighted by atomic mass is 10.3. The molecular formula is C9H14N4O. The Bertz CT molecular complexity index is 342. The zero-order chi connectivity index (χ0) is 10.1. The van der Waals surface area contributed by atoms with Crippen LogP contribution in [0.5, 0.6) is 0 Å². The number of rotatable bonds is 3. The van der Waals surface area contributed by atoms with E-state index in [9.17, 15) is 4.79 Å². The average molecular weight is 194 g/mol. The molecule has 1 aromatic heterocycles. The lowest BCUT2D eigenvalue weighted by molar-refractivity contribution is -0.124. The van der Waals surface area contributed by atoms with Gasteiger partial charge >= 0.3 is 0 Å². The van der Waals surface area contributed by atoms with Crippen LogP contribution in [0, 0.1) is 0 Å². The highest BCUT2D eigenvalue weighted by atomic mass is 16.2. The first-order valence-corrected chi connectivity index (χ1v) is 4.78. The second kappa shape index (κ2) is 3.42. The minimum atomic E-state index is -0.340. The number of carbonyl (C=O) groups is 1. The number of nitrogens with two attached hydrogens (primary N) is 1. The van der Waals surface area contributed by atoms with Gasteiger partial charge in [-0.15, -0.1) is 0 Å². The van der Waals surface area contributed by atoms with Crippen molar-refractivity contribution < 1.29 is 4.79 Å². The van der Waals surface area contributed by atoms with Crippen LogP contribution >= 0.6 is 0 Å². The summed E-state index contributed by atoms with van der Waals surface area (Å²) in [5.74, 6) is 5.44. The van der Waals surface area contributed by atoms with E-state index in [1.807, 2.05) is 12.3 Å². The molecule has 0 spiro atoms. The van der Waals surface area contributed by atoms with E-state index in [4.69, 9.17) is 5.84 Å². The molecule has 5 nitrogen and oxygen atoms in total. The number of hydrogen-bond acceptors (Lipinski definition) is 3. The lowest BCUT2D eigenvalue weighted by Crippen LogP contribution is -2.36. The number of nitrogens with one attached hydrogen (secondary N) is 1. The average Bonchev–Trinajstić information content (AvgIpc) is 2.94. The van der Waals surface area contributed by atoms with Gasteiger partial charge in [-0.25, -0.2) is 5.84 Å². The fourth-order valence-corrected chi connectivity index (χ4v) is 1.41. The summed E-state index contributed by atoms with van der Waals surface area (Å²) in [4.78, 5) is 11.2. The Morgan fingerprint density at radius 2 is 2.50 bits per heavy atom. The Kier molecular flexibility index (Phi) is 2.25. The molecule has 76 valence electrons. The summed E-state index contributed by atoms with van der Waals surface area (Å²) < 4.78 is 1.65. The van der Waals surface area contributed by atoms with Crippen molar-refractivity contribution in [3.8, 4) is 0 Å². The molecule has 0 aliphatic heterocycles. The molecule has 0 saturated heterocycles. The topological polar surface area (TPSA) is 72.9 Å². The quantitative estimate of drug-likeness (QED) is 0.413. The minimum absolute atomic E-state index is 0.226. The summed E-state index contributed by atoms with van der Waals surface area (Å²) >= 11 is 0. The normalized spacial score (nSPS) is 17.9. The third-order valence-electron chi connectivity index (χ3n) is 2.54. The molecule has 3 N–H and O–H groups in total. The van der Waals surface area contributed by atoms with E-state index in [-0.39, 0.29) is 11.9 Å². The maximum absolute atomic E-state index is 11.2. The molecule has 0 aromatic carbocycles. The molecule has 5 heteroatoms. The third-order valence-corrected chi connectivity index (χ3v) is 2.54. The van der Waals surface area contributed by atoms with Crippen LogP contribution in [0.3, 0.4) is 0 Å². The maximum Gasteiger partial charge on any atom is 0.258 e. The molecule has 1 fully saturated rings. The lowest BCUT2D eigenvalue weighted by Gasteiger charge is -2.09. The van der Waals surface area contributed by atoms with Gasteiger partial charge in [-0.05, 0) is 25.8 Å². The van der Waals surface area contributed by atoms with Crippen LogP contribution in [-0.2, 0) is 4.79 Å². The smallest absolute Gasteiger partial charge is 0.258 e. The molecule has 1 heterocycles. The van der Waals surface area contributed by atoms with Gasteiger partial charge in [0.25, 0.3) is 5.91 Å². The van der Waals surface area contributed by atoms with Gasteiger partial charge in [0.15, 0.2) is 0 Å². The van der Waals surface area contributed by atoms with Crippen LogP contribution in [0.1, 0.15) is 37.4 Å². The zero-order valence-corrected chi connectivity index (χ0v) is 8.10. The molecule has 2 rings (SSSR count). The molecule has 0 radical (unpaired) electrons. The van der Waals surface area contributed by atoms with Crippen molar-refractivity contribution in [3.63, 3.8) is 0 Å². The van der Waals surface area contributed by atoms with Crippen molar-refractivity contribution in [2.75, 3.05) is 0 Å². The number of hydrazine groups is 1. The molecule has 1 amide bonds. The highest BCUT2D eigenvalue weighted by Gasteiger charge is 2.26. The third kappa shape index (κ3) is 1.63. The Morgan fingerprint density at radius 1 is 1.79 bits per heavy atom. The zero-order valence-electron chi connectivity index (χ0n) is 8.10. The standard InChI is InChI=1S/C9H14N4O/c1-6(9(14)11-10)13-5-4-8(12-13)7-2-3-7/h4-7H,2-3,10H2,1H3,(H,11,14). The monoisotopic (exact) mass is 194 g/mol. The first-order valence-electron chi connectivity index (χ1n) is 4.78. The van der Waals surface area contributed by atoms with Gasteiger partial charge < -0.3 is 0 Å². The van der Waals surface area contributed by atoms with Crippen molar-refractivity contribution in [1.29, 1.82) is 0 Å². The van der Waals surface area contributed by atoms with Gasteiger partial charge in [0.05, 0.1) is 5.69 Å². The van der Waals surface area contributed by atoms with Crippen LogP contribution in [-0.4, -0.2) is 15.7 Å².